The number of benzene rings is 8. The van der Waals surface area contributed by atoms with Crippen LogP contribution in [0.5, 0.6) is 0 Å². The van der Waals surface area contributed by atoms with Gasteiger partial charge in [-0.3, -0.25) is 0 Å². The first kappa shape index (κ1) is 24.9. The molecule has 0 nitrogen and oxygen atoms in total. The highest BCUT2D eigenvalue weighted by Gasteiger charge is 2.50. The molecular weight excluding hydrogens is 573 g/mol. The first-order chi connectivity index (χ1) is 22.8. The largest absolute Gasteiger partial charge is 0.0888 e. The molecular formula is C45H26S. The molecule has 0 saturated heterocycles. The molecule has 212 valence electrons. The van der Waals surface area contributed by atoms with E-state index >= 15 is 0 Å². The van der Waals surface area contributed by atoms with Crippen LogP contribution in [0.2, 0.25) is 0 Å². The zero-order chi connectivity index (χ0) is 30.0. The van der Waals surface area contributed by atoms with E-state index in [0.717, 1.165) is 0 Å². The highest BCUT2D eigenvalue weighted by Crippen LogP contribution is 2.63. The van der Waals surface area contributed by atoms with Gasteiger partial charge < -0.3 is 0 Å². The minimum atomic E-state index is -0.409. The quantitative estimate of drug-likeness (QED) is 0.181. The van der Waals surface area contributed by atoms with Gasteiger partial charge in [0, 0.05) is 15.2 Å². The molecule has 2 aliphatic carbocycles. The SMILES string of the molecule is c1ccc2c(c1)Sc1ccc(-c3cccc4c3-c3ccccc3C43c4ccccc4-c4cccc5cccc3c45)c3cccc-2c13. The van der Waals surface area contributed by atoms with Crippen molar-refractivity contribution in [2.75, 3.05) is 0 Å². The summed E-state index contributed by atoms with van der Waals surface area (Å²) in [7, 11) is 0. The molecule has 1 spiro atoms. The molecule has 8 aromatic carbocycles. The van der Waals surface area contributed by atoms with E-state index in [-0.39, 0.29) is 0 Å². The monoisotopic (exact) mass is 598 g/mol. The average molecular weight is 599 g/mol. The van der Waals surface area contributed by atoms with Crippen molar-refractivity contribution in [3.8, 4) is 44.5 Å². The van der Waals surface area contributed by atoms with Gasteiger partial charge in [0.15, 0.2) is 0 Å². The van der Waals surface area contributed by atoms with Gasteiger partial charge in [-0.05, 0) is 95.1 Å². The smallest absolute Gasteiger partial charge is 0.0725 e. The number of hydrogen-bond acceptors (Lipinski definition) is 1. The summed E-state index contributed by atoms with van der Waals surface area (Å²) in [5.74, 6) is 0. The number of rotatable bonds is 1. The summed E-state index contributed by atoms with van der Waals surface area (Å²) in [6.07, 6.45) is 0. The van der Waals surface area contributed by atoms with E-state index in [1.165, 1.54) is 98.1 Å². The maximum Gasteiger partial charge on any atom is 0.0725 e. The van der Waals surface area contributed by atoms with Crippen LogP contribution in [-0.4, -0.2) is 0 Å². The molecule has 0 radical (unpaired) electrons. The fourth-order valence-corrected chi connectivity index (χ4v) is 10.1. The van der Waals surface area contributed by atoms with Gasteiger partial charge in [-0.2, -0.15) is 0 Å². The van der Waals surface area contributed by atoms with E-state index < -0.39 is 5.41 Å². The molecule has 1 heteroatoms. The second-order valence-electron chi connectivity index (χ2n) is 12.7. The van der Waals surface area contributed by atoms with E-state index in [9.17, 15) is 0 Å². The molecule has 1 unspecified atom stereocenters. The Labute approximate surface area is 272 Å². The average Bonchev–Trinajstić information content (AvgIpc) is 3.42. The Hall–Kier alpha value is -5.37. The van der Waals surface area contributed by atoms with Gasteiger partial charge in [-0.25, -0.2) is 0 Å². The second-order valence-corrected chi connectivity index (χ2v) is 13.8. The van der Waals surface area contributed by atoms with Gasteiger partial charge in [0.1, 0.15) is 0 Å². The van der Waals surface area contributed by atoms with Crippen molar-refractivity contribution in [3.05, 3.63) is 180 Å². The fourth-order valence-electron chi connectivity index (χ4n) is 9.02. The van der Waals surface area contributed by atoms with Crippen LogP contribution in [0, 0.1) is 0 Å². The molecule has 0 fully saturated rings. The normalized spacial score (nSPS) is 16.3. The van der Waals surface area contributed by atoms with Crippen molar-refractivity contribution >= 4 is 33.3 Å². The zero-order valence-corrected chi connectivity index (χ0v) is 25.7. The summed E-state index contributed by atoms with van der Waals surface area (Å²) in [6, 6.07) is 59.5. The molecule has 0 N–H and O–H groups in total. The standard InChI is InChI=1S/C45H26S/c1-4-20-36-29(13-1)33-16-7-11-27-12-8-22-38(42(27)33)45(36)37-21-5-2-15-35(37)43-31(19-10-23-39(43)45)28-25-26-41-44-32(28)17-9-18-34(44)30-14-3-6-24-40(30)46-41/h1-26H. The third-order valence-corrected chi connectivity index (χ3v) is 11.8. The van der Waals surface area contributed by atoms with Gasteiger partial charge >= 0.3 is 0 Å². The molecule has 1 atom stereocenters. The minimum Gasteiger partial charge on any atom is -0.0888 e. The highest BCUT2D eigenvalue weighted by molar-refractivity contribution is 7.99. The van der Waals surface area contributed by atoms with Crippen LogP contribution in [-0.2, 0) is 5.41 Å². The van der Waals surface area contributed by atoms with Crippen LogP contribution in [0.4, 0.5) is 0 Å². The topological polar surface area (TPSA) is 0 Å². The van der Waals surface area contributed by atoms with Gasteiger partial charge in [0.25, 0.3) is 0 Å². The second kappa shape index (κ2) is 8.88. The van der Waals surface area contributed by atoms with Crippen LogP contribution >= 0.6 is 11.8 Å². The van der Waals surface area contributed by atoms with Crippen molar-refractivity contribution in [3.63, 3.8) is 0 Å². The maximum atomic E-state index is 2.40. The number of hydrogen-bond donors (Lipinski definition) is 0. The van der Waals surface area contributed by atoms with Crippen LogP contribution in [0.25, 0.3) is 66.1 Å². The van der Waals surface area contributed by atoms with Crippen LogP contribution in [0.3, 0.4) is 0 Å². The highest BCUT2D eigenvalue weighted by atomic mass is 32.2. The van der Waals surface area contributed by atoms with Gasteiger partial charge in [-0.15, -0.1) is 0 Å². The molecule has 11 rings (SSSR count). The third-order valence-electron chi connectivity index (χ3n) is 10.7. The minimum absolute atomic E-state index is 0.409. The molecule has 3 aliphatic rings. The lowest BCUT2D eigenvalue weighted by atomic mass is 9.61. The Kier molecular flexibility index (Phi) is 4.80. The lowest BCUT2D eigenvalue weighted by molar-refractivity contribution is 0.773. The maximum absolute atomic E-state index is 2.40. The molecule has 1 aliphatic heterocycles. The van der Waals surface area contributed by atoms with Crippen molar-refractivity contribution in [2.24, 2.45) is 0 Å². The Balaban J connectivity index is 1.28. The zero-order valence-electron chi connectivity index (χ0n) is 24.9. The van der Waals surface area contributed by atoms with Crippen molar-refractivity contribution in [1.29, 1.82) is 0 Å². The summed E-state index contributed by atoms with van der Waals surface area (Å²) in [4.78, 5) is 2.67. The Bertz CT molecular complexity index is 2620. The number of fused-ring (bicyclic) bond motifs is 11. The summed E-state index contributed by atoms with van der Waals surface area (Å²) < 4.78 is 0. The van der Waals surface area contributed by atoms with E-state index in [0.29, 0.717) is 0 Å². The summed E-state index contributed by atoms with van der Waals surface area (Å²) in [5, 5.41) is 5.35. The Morgan fingerprint density at radius 3 is 1.78 bits per heavy atom. The van der Waals surface area contributed by atoms with Crippen LogP contribution < -0.4 is 0 Å². The van der Waals surface area contributed by atoms with E-state index in [2.05, 4.69) is 158 Å². The van der Waals surface area contributed by atoms with Gasteiger partial charge in [0.05, 0.1) is 5.41 Å². The van der Waals surface area contributed by atoms with E-state index in [1.54, 1.807) is 0 Å². The molecule has 8 aromatic rings. The van der Waals surface area contributed by atoms with Crippen LogP contribution in [0.15, 0.2) is 168 Å². The van der Waals surface area contributed by atoms with Gasteiger partial charge in [-0.1, -0.05) is 157 Å². The molecule has 0 aromatic heterocycles. The lowest BCUT2D eigenvalue weighted by Crippen LogP contribution is -2.31. The fraction of sp³-hybridized carbons (Fsp3) is 0.0222. The lowest BCUT2D eigenvalue weighted by Gasteiger charge is -2.40. The molecule has 0 bridgehead atoms. The van der Waals surface area contributed by atoms with Crippen molar-refractivity contribution in [1.82, 2.24) is 0 Å². The third kappa shape index (κ3) is 2.93. The Morgan fingerprint density at radius 1 is 0.326 bits per heavy atom. The van der Waals surface area contributed by atoms with Gasteiger partial charge in [0.2, 0.25) is 0 Å². The first-order valence-electron chi connectivity index (χ1n) is 16.0. The van der Waals surface area contributed by atoms with Crippen LogP contribution in [0.1, 0.15) is 22.3 Å². The predicted molar refractivity (Wildman–Crippen MR) is 193 cm³/mol. The molecule has 46 heavy (non-hydrogen) atoms. The van der Waals surface area contributed by atoms with E-state index in [4.69, 9.17) is 0 Å². The molecule has 1 heterocycles. The first-order valence-corrected chi connectivity index (χ1v) is 16.8. The Morgan fingerprint density at radius 2 is 0.913 bits per heavy atom. The molecule has 0 saturated carbocycles. The summed E-state index contributed by atoms with van der Waals surface area (Å²) >= 11 is 1.89. The summed E-state index contributed by atoms with van der Waals surface area (Å²) in [5.41, 5.74) is 15.7. The summed E-state index contributed by atoms with van der Waals surface area (Å²) in [6.45, 7) is 0. The van der Waals surface area contributed by atoms with Crippen molar-refractivity contribution in [2.45, 2.75) is 15.2 Å². The van der Waals surface area contributed by atoms with Crippen molar-refractivity contribution < 1.29 is 0 Å². The van der Waals surface area contributed by atoms with E-state index in [1.807, 2.05) is 11.8 Å². The predicted octanol–water partition coefficient (Wildman–Crippen LogP) is 12.1. The molecule has 0 amide bonds.